The van der Waals surface area contributed by atoms with Gasteiger partial charge in [0.1, 0.15) is 0 Å². The lowest BCUT2D eigenvalue weighted by Gasteiger charge is -2.10. The standard InChI is InChI=1S/C4H5NO3/c6-3-1-2-4(7,8)5-3/h1-2,7-8H,(H,5,6). The minimum atomic E-state index is -2.11. The molecule has 1 rings (SSSR count). The summed E-state index contributed by atoms with van der Waals surface area (Å²) in [7, 11) is 0. The van der Waals surface area contributed by atoms with Gasteiger partial charge in [-0.3, -0.25) is 10.1 Å². The molecule has 3 N–H and O–H groups in total. The van der Waals surface area contributed by atoms with Crippen LogP contribution in [0, 0.1) is 0 Å². The second-order valence-corrected chi connectivity index (χ2v) is 1.55. The highest BCUT2D eigenvalue weighted by Crippen LogP contribution is 2.01. The van der Waals surface area contributed by atoms with E-state index in [1.807, 2.05) is 5.32 Å². The molecule has 0 aromatic carbocycles. The number of nitrogens with one attached hydrogen (secondary N) is 1. The molecular weight excluding hydrogens is 110 g/mol. The van der Waals surface area contributed by atoms with E-state index in [0.717, 1.165) is 12.2 Å². The van der Waals surface area contributed by atoms with Crippen molar-refractivity contribution in [3.05, 3.63) is 12.2 Å². The Morgan fingerprint density at radius 3 is 2.38 bits per heavy atom. The molecule has 4 heteroatoms. The molecule has 4 nitrogen and oxygen atoms in total. The van der Waals surface area contributed by atoms with E-state index in [0.29, 0.717) is 0 Å². The van der Waals surface area contributed by atoms with Gasteiger partial charge in [-0.2, -0.15) is 0 Å². The summed E-state index contributed by atoms with van der Waals surface area (Å²) in [5.74, 6) is -2.60. The molecule has 0 saturated heterocycles. The summed E-state index contributed by atoms with van der Waals surface area (Å²) in [5.41, 5.74) is 0. The fourth-order valence-corrected chi connectivity index (χ4v) is 0.457. The van der Waals surface area contributed by atoms with Gasteiger partial charge in [-0.1, -0.05) is 0 Å². The van der Waals surface area contributed by atoms with Crippen LogP contribution < -0.4 is 5.32 Å². The quantitative estimate of drug-likeness (QED) is 0.330. The Bertz CT molecular complexity index is 149. The van der Waals surface area contributed by atoms with Gasteiger partial charge in [-0.15, -0.1) is 0 Å². The van der Waals surface area contributed by atoms with Crippen LogP contribution in [0.25, 0.3) is 0 Å². The van der Waals surface area contributed by atoms with Crippen LogP contribution in [0.1, 0.15) is 0 Å². The molecule has 8 heavy (non-hydrogen) atoms. The minimum absolute atomic E-state index is 0.491. The van der Waals surface area contributed by atoms with Gasteiger partial charge in [0, 0.05) is 12.2 Å². The maximum Gasteiger partial charge on any atom is 0.268 e. The molecule has 0 fully saturated rings. The first kappa shape index (κ1) is 5.27. The largest absolute Gasteiger partial charge is 0.346 e. The van der Waals surface area contributed by atoms with Crippen molar-refractivity contribution >= 4 is 5.91 Å². The molecule has 0 bridgehead atoms. The van der Waals surface area contributed by atoms with Crippen molar-refractivity contribution in [2.24, 2.45) is 0 Å². The number of hydrogen-bond acceptors (Lipinski definition) is 3. The third-order valence-corrected chi connectivity index (χ3v) is 0.774. The smallest absolute Gasteiger partial charge is 0.268 e. The van der Waals surface area contributed by atoms with Crippen molar-refractivity contribution in [2.75, 3.05) is 0 Å². The summed E-state index contributed by atoms with van der Waals surface area (Å²) in [5, 5.41) is 18.9. The van der Waals surface area contributed by atoms with Crippen LogP contribution in [-0.4, -0.2) is 22.0 Å². The molecule has 0 unspecified atom stereocenters. The zero-order valence-corrected chi connectivity index (χ0v) is 3.96. The Morgan fingerprint density at radius 1 is 1.62 bits per heavy atom. The minimum Gasteiger partial charge on any atom is -0.346 e. The average molecular weight is 115 g/mol. The predicted molar refractivity (Wildman–Crippen MR) is 24.5 cm³/mol. The normalized spacial score (nSPS) is 23.5. The van der Waals surface area contributed by atoms with Gasteiger partial charge < -0.3 is 10.2 Å². The molecule has 0 saturated carbocycles. The molecule has 44 valence electrons. The fraction of sp³-hybridized carbons (Fsp3) is 0.250. The lowest BCUT2D eigenvalue weighted by Crippen LogP contribution is -2.41. The van der Waals surface area contributed by atoms with E-state index in [4.69, 9.17) is 10.2 Å². The summed E-state index contributed by atoms with van der Waals surface area (Å²) >= 11 is 0. The Hall–Kier alpha value is -0.870. The Labute approximate surface area is 45.4 Å². The van der Waals surface area contributed by atoms with Gasteiger partial charge in [-0.25, -0.2) is 0 Å². The predicted octanol–water partition coefficient (Wildman–Crippen LogP) is -1.69. The molecule has 0 aliphatic carbocycles. The van der Waals surface area contributed by atoms with Gasteiger partial charge in [0.05, 0.1) is 0 Å². The molecule has 0 aromatic rings. The second kappa shape index (κ2) is 1.30. The van der Waals surface area contributed by atoms with Crippen LogP contribution in [0.4, 0.5) is 0 Å². The van der Waals surface area contributed by atoms with Gasteiger partial charge >= 0.3 is 0 Å². The SMILES string of the molecule is O=C1C=CC(O)(O)N1. The first-order valence-electron chi connectivity index (χ1n) is 2.06. The third kappa shape index (κ3) is 0.853. The Balaban J connectivity index is 2.72. The molecule has 0 atom stereocenters. The monoisotopic (exact) mass is 115 g/mol. The Morgan fingerprint density at radius 2 is 2.25 bits per heavy atom. The molecule has 0 spiro atoms. The van der Waals surface area contributed by atoms with E-state index in [9.17, 15) is 4.79 Å². The molecule has 1 aliphatic heterocycles. The zero-order chi connectivity index (χ0) is 6.20. The number of aliphatic hydroxyl groups is 2. The summed E-state index contributed by atoms with van der Waals surface area (Å²) in [6.07, 6.45) is 2.02. The molecule has 0 aromatic heterocycles. The number of carbonyl (C=O) groups is 1. The van der Waals surface area contributed by atoms with Gasteiger partial charge in [0.25, 0.3) is 5.91 Å². The number of amides is 1. The number of hydrogen-bond donors (Lipinski definition) is 3. The average Bonchev–Trinajstić information content (AvgIpc) is 1.82. The summed E-state index contributed by atoms with van der Waals surface area (Å²) < 4.78 is 0. The van der Waals surface area contributed by atoms with Crippen LogP contribution in [0.15, 0.2) is 12.2 Å². The van der Waals surface area contributed by atoms with Crippen molar-refractivity contribution < 1.29 is 15.0 Å². The summed E-state index contributed by atoms with van der Waals surface area (Å²) in [6.45, 7) is 0. The van der Waals surface area contributed by atoms with Crippen molar-refractivity contribution in [3.8, 4) is 0 Å². The molecule has 1 heterocycles. The summed E-state index contributed by atoms with van der Waals surface area (Å²) in [6, 6.07) is 0. The van der Waals surface area contributed by atoms with Crippen molar-refractivity contribution in [3.63, 3.8) is 0 Å². The maximum absolute atomic E-state index is 10.1. The highest BCUT2D eigenvalue weighted by molar-refractivity contribution is 5.90. The van der Waals surface area contributed by atoms with Crippen LogP contribution in [0.2, 0.25) is 0 Å². The van der Waals surface area contributed by atoms with Crippen molar-refractivity contribution in [2.45, 2.75) is 5.91 Å². The van der Waals surface area contributed by atoms with Crippen molar-refractivity contribution in [1.82, 2.24) is 5.32 Å². The third-order valence-electron chi connectivity index (χ3n) is 0.774. The topological polar surface area (TPSA) is 69.6 Å². The van der Waals surface area contributed by atoms with Gasteiger partial charge in [0.2, 0.25) is 5.91 Å². The van der Waals surface area contributed by atoms with Crippen LogP contribution >= 0.6 is 0 Å². The number of rotatable bonds is 0. The highest BCUT2D eigenvalue weighted by atomic mass is 16.5. The highest BCUT2D eigenvalue weighted by Gasteiger charge is 2.25. The maximum atomic E-state index is 10.1. The molecule has 1 aliphatic rings. The van der Waals surface area contributed by atoms with Crippen molar-refractivity contribution in [1.29, 1.82) is 0 Å². The van der Waals surface area contributed by atoms with E-state index < -0.39 is 11.8 Å². The lowest BCUT2D eigenvalue weighted by atomic mass is 10.5. The van der Waals surface area contributed by atoms with E-state index >= 15 is 0 Å². The van der Waals surface area contributed by atoms with Gasteiger partial charge in [-0.05, 0) is 0 Å². The lowest BCUT2D eigenvalue weighted by molar-refractivity contribution is -0.150. The number of carbonyl (C=O) groups excluding carboxylic acids is 1. The van der Waals surface area contributed by atoms with E-state index in [1.54, 1.807) is 0 Å². The molecule has 1 amide bonds. The first-order valence-corrected chi connectivity index (χ1v) is 2.06. The van der Waals surface area contributed by atoms with Crippen LogP contribution in [-0.2, 0) is 4.79 Å². The Kier molecular flexibility index (Phi) is 0.858. The van der Waals surface area contributed by atoms with E-state index in [1.165, 1.54) is 0 Å². The fourth-order valence-electron chi connectivity index (χ4n) is 0.457. The van der Waals surface area contributed by atoms with Crippen LogP contribution in [0.3, 0.4) is 0 Å². The van der Waals surface area contributed by atoms with E-state index in [-0.39, 0.29) is 0 Å². The first-order chi connectivity index (χ1) is 3.60. The van der Waals surface area contributed by atoms with Crippen LogP contribution in [0.5, 0.6) is 0 Å². The molecule has 0 radical (unpaired) electrons. The van der Waals surface area contributed by atoms with E-state index in [2.05, 4.69) is 0 Å². The second-order valence-electron chi connectivity index (χ2n) is 1.55. The zero-order valence-electron chi connectivity index (χ0n) is 3.96. The van der Waals surface area contributed by atoms with Gasteiger partial charge in [0.15, 0.2) is 0 Å². The molecular formula is C4H5NO3. The summed E-state index contributed by atoms with van der Waals surface area (Å²) in [4.78, 5) is 10.1.